The number of amides is 1. The molecule has 2 aromatic rings. The van der Waals surface area contributed by atoms with Crippen LogP contribution in [-0.2, 0) is 17.6 Å². The van der Waals surface area contributed by atoms with E-state index in [2.05, 4.69) is 54.5 Å². The number of benzene rings is 2. The Balaban J connectivity index is 1.66. The Kier molecular flexibility index (Phi) is 8.33. The van der Waals surface area contributed by atoms with Gasteiger partial charge in [0.05, 0.1) is 6.04 Å². The predicted molar refractivity (Wildman–Crippen MR) is 132 cm³/mol. The van der Waals surface area contributed by atoms with Crippen LogP contribution in [-0.4, -0.2) is 19.0 Å². The standard InChI is InChI=1S/C27H34N4O/c1-4-26(22-12-11-20-9-7-8-10-21(20)17-22)30-27(32)23(18-28)19-29-24-13-15-25(16-14-24)31(5-2)6-3/h11-17,19,26,29H,4-10H2,1-3H3,(H,30,32)/b23-19-. The smallest absolute Gasteiger partial charge is 0.263 e. The Bertz CT molecular complexity index is 984. The van der Waals surface area contributed by atoms with E-state index in [9.17, 15) is 10.1 Å². The molecule has 168 valence electrons. The molecule has 0 saturated carbocycles. The molecule has 0 fully saturated rings. The highest BCUT2D eigenvalue weighted by Gasteiger charge is 2.18. The van der Waals surface area contributed by atoms with Crippen LogP contribution in [0.4, 0.5) is 11.4 Å². The van der Waals surface area contributed by atoms with E-state index in [1.807, 2.05) is 30.3 Å². The summed E-state index contributed by atoms with van der Waals surface area (Å²) in [6.45, 7) is 8.21. The Morgan fingerprint density at radius 3 is 2.38 bits per heavy atom. The van der Waals surface area contributed by atoms with Gasteiger partial charge in [-0.15, -0.1) is 0 Å². The van der Waals surface area contributed by atoms with Crippen LogP contribution in [0.15, 0.2) is 54.2 Å². The highest BCUT2D eigenvalue weighted by molar-refractivity contribution is 5.97. The fourth-order valence-electron chi connectivity index (χ4n) is 4.29. The molecule has 1 aliphatic carbocycles. The second-order valence-corrected chi connectivity index (χ2v) is 8.20. The molecule has 32 heavy (non-hydrogen) atoms. The number of nitrogens with one attached hydrogen (secondary N) is 2. The molecule has 0 heterocycles. The fraction of sp³-hybridized carbons (Fsp3) is 0.407. The first-order chi connectivity index (χ1) is 15.6. The summed E-state index contributed by atoms with van der Waals surface area (Å²) in [7, 11) is 0. The first kappa shape index (κ1) is 23.4. The number of aryl methyl sites for hydroxylation is 2. The minimum Gasteiger partial charge on any atom is -0.372 e. The van der Waals surface area contributed by atoms with E-state index in [1.165, 1.54) is 30.2 Å². The average molecular weight is 431 g/mol. The van der Waals surface area contributed by atoms with Gasteiger partial charge in [0.15, 0.2) is 0 Å². The maximum Gasteiger partial charge on any atom is 0.263 e. The molecule has 0 saturated heterocycles. The molecule has 0 aliphatic heterocycles. The third kappa shape index (κ3) is 5.70. The Morgan fingerprint density at radius 1 is 1.06 bits per heavy atom. The second kappa shape index (κ2) is 11.4. The van der Waals surface area contributed by atoms with Crippen LogP contribution in [0.25, 0.3) is 0 Å². The van der Waals surface area contributed by atoms with Crippen molar-refractivity contribution in [3.05, 3.63) is 70.9 Å². The van der Waals surface area contributed by atoms with Gasteiger partial charge in [-0.3, -0.25) is 4.79 Å². The number of fused-ring (bicyclic) bond motifs is 1. The molecule has 0 aromatic heterocycles. The summed E-state index contributed by atoms with van der Waals surface area (Å²) >= 11 is 0. The molecule has 5 heteroatoms. The van der Waals surface area contributed by atoms with Gasteiger partial charge < -0.3 is 15.5 Å². The number of nitrogens with zero attached hydrogens (tertiary/aromatic N) is 2. The number of anilines is 2. The normalized spacial score (nSPS) is 14.1. The Morgan fingerprint density at radius 2 is 1.75 bits per heavy atom. The van der Waals surface area contributed by atoms with E-state index in [1.54, 1.807) is 0 Å². The summed E-state index contributed by atoms with van der Waals surface area (Å²) in [5.41, 5.74) is 5.98. The van der Waals surface area contributed by atoms with E-state index in [0.717, 1.165) is 49.3 Å². The first-order valence-electron chi connectivity index (χ1n) is 11.7. The zero-order valence-corrected chi connectivity index (χ0v) is 19.4. The van der Waals surface area contributed by atoms with Gasteiger partial charge in [-0.05, 0) is 86.9 Å². The topological polar surface area (TPSA) is 68.2 Å². The van der Waals surface area contributed by atoms with E-state index < -0.39 is 0 Å². The van der Waals surface area contributed by atoms with Crippen LogP contribution in [0, 0.1) is 11.3 Å². The maximum atomic E-state index is 12.8. The predicted octanol–water partition coefficient (Wildman–Crippen LogP) is 5.50. The van der Waals surface area contributed by atoms with Crippen molar-refractivity contribution < 1.29 is 4.79 Å². The molecule has 5 nitrogen and oxygen atoms in total. The van der Waals surface area contributed by atoms with Gasteiger partial charge >= 0.3 is 0 Å². The Labute approximate surface area is 192 Å². The number of nitriles is 1. The SMILES string of the molecule is CCC(NC(=O)/C(C#N)=C\Nc1ccc(N(CC)CC)cc1)c1ccc2c(c1)CCCC2. The summed E-state index contributed by atoms with van der Waals surface area (Å²) < 4.78 is 0. The van der Waals surface area contributed by atoms with Crippen LogP contribution >= 0.6 is 0 Å². The van der Waals surface area contributed by atoms with Crippen molar-refractivity contribution in [3.63, 3.8) is 0 Å². The van der Waals surface area contributed by atoms with Crippen LogP contribution in [0.5, 0.6) is 0 Å². The van der Waals surface area contributed by atoms with E-state index in [4.69, 9.17) is 0 Å². The van der Waals surface area contributed by atoms with Crippen molar-refractivity contribution in [2.24, 2.45) is 0 Å². The fourth-order valence-corrected chi connectivity index (χ4v) is 4.29. The summed E-state index contributed by atoms with van der Waals surface area (Å²) in [6.07, 6.45) is 6.98. The van der Waals surface area contributed by atoms with Gasteiger partial charge in [0.2, 0.25) is 0 Å². The molecule has 3 rings (SSSR count). The average Bonchev–Trinajstić information content (AvgIpc) is 2.84. The van der Waals surface area contributed by atoms with E-state index in [0.29, 0.717) is 0 Å². The van der Waals surface area contributed by atoms with Gasteiger partial charge in [0.1, 0.15) is 11.6 Å². The summed E-state index contributed by atoms with van der Waals surface area (Å²) in [4.78, 5) is 15.1. The van der Waals surface area contributed by atoms with Crippen molar-refractivity contribution in [2.45, 2.75) is 58.9 Å². The van der Waals surface area contributed by atoms with Crippen LogP contribution in [0.1, 0.15) is 62.8 Å². The lowest BCUT2D eigenvalue weighted by atomic mass is 9.88. The molecule has 0 spiro atoms. The van der Waals surface area contributed by atoms with E-state index in [-0.39, 0.29) is 17.5 Å². The van der Waals surface area contributed by atoms with E-state index >= 15 is 0 Å². The molecule has 2 aromatic carbocycles. The zero-order chi connectivity index (χ0) is 22.9. The largest absolute Gasteiger partial charge is 0.372 e. The molecule has 1 atom stereocenters. The van der Waals surface area contributed by atoms with Gasteiger partial charge in [0.25, 0.3) is 5.91 Å². The van der Waals surface area contributed by atoms with Crippen molar-refractivity contribution in [3.8, 4) is 6.07 Å². The highest BCUT2D eigenvalue weighted by Crippen LogP contribution is 2.26. The molecule has 0 radical (unpaired) electrons. The number of hydrogen-bond donors (Lipinski definition) is 2. The molecular weight excluding hydrogens is 396 g/mol. The minimum absolute atomic E-state index is 0.0641. The molecule has 2 N–H and O–H groups in total. The van der Waals surface area contributed by atoms with Gasteiger partial charge in [-0.25, -0.2) is 0 Å². The summed E-state index contributed by atoms with van der Waals surface area (Å²) in [5.74, 6) is -0.357. The summed E-state index contributed by atoms with van der Waals surface area (Å²) in [5, 5.41) is 15.7. The minimum atomic E-state index is -0.357. The number of rotatable bonds is 9. The third-order valence-corrected chi connectivity index (χ3v) is 6.23. The third-order valence-electron chi connectivity index (χ3n) is 6.23. The monoisotopic (exact) mass is 430 g/mol. The quantitative estimate of drug-likeness (QED) is 0.407. The second-order valence-electron chi connectivity index (χ2n) is 8.20. The summed E-state index contributed by atoms with van der Waals surface area (Å²) in [6, 6.07) is 16.5. The van der Waals surface area contributed by atoms with Crippen LogP contribution in [0.2, 0.25) is 0 Å². The number of carbonyl (C=O) groups excluding carboxylic acids is 1. The van der Waals surface area contributed by atoms with Crippen molar-refractivity contribution >= 4 is 17.3 Å². The van der Waals surface area contributed by atoms with Crippen molar-refractivity contribution in [1.29, 1.82) is 5.26 Å². The van der Waals surface area contributed by atoms with Gasteiger partial charge in [-0.1, -0.05) is 25.1 Å². The molecule has 0 bridgehead atoms. The van der Waals surface area contributed by atoms with Gasteiger partial charge in [0, 0.05) is 30.7 Å². The first-order valence-corrected chi connectivity index (χ1v) is 11.7. The van der Waals surface area contributed by atoms with Crippen molar-refractivity contribution in [2.75, 3.05) is 23.3 Å². The highest BCUT2D eigenvalue weighted by atomic mass is 16.1. The van der Waals surface area contributed by atoms with Crippen molar-refractivity contribution in [1.82, 2.24) is 5.32 Å². The maximum absolute atomic E-state index is 12.8. The molecule has 1 amide bonds. The lowest BCUT2D eigenvalue weighted by Gasteiger charge is -2.21. The number of carbonyl (C=O) groups is 1. The molecule has 1 aliphatic rings. The number of hydrogen-bond acceptors (Lipinski definition) is 4. The van der Waals surface area contributed by atoms with Crippen LogP contribution < -0.4 is 15.5 Å². The van der Waals surface area contributed by atoms with Gasteiger partial charge in [-0.2, -0.15) is 5.26 Å². The molecule has 1 unspecified atom stereocenters. The zero-order valence-electron chi connectivity index (χ0n) is 19.4. The Hall–Kier alpha value is -3.26. The lowest BCUT2D eigenvalue weighted by molar-refractivity contribution is -0.117. The molecular formula is C27H34N4O. The lowest BCUT2D eigenvalue weighted by Crippen LogP contribution is -2.29. The van der Waals surface area contributed by atoms with Crippen LogP contribution in [0.3, 0.4) is 0 Å².